The first-order valence-corrected chi connectivity index (χ1v) is 9.25. The molecule has 0 radical (unpaired) electrons. The third kappa shape index (κ3) is 3.74. The van der Waals surface area contributed by atoms with Gasteiger partial charge in [-0.2, -0.15) is 0 Å². The van der Waals surface area contributed by atoms with Crippen molar-refractivity contribution in [3.8, 4) is 28.7 Å². The summed E-state index contributed by atoms with van der Waals surface area (Å²) in [4.78, 5) is 0. The van der Waals surface area contributed by atoms with Crippen LogP contribution in [-0.4, -0.2) is 27.5 Å². The molecule has 0 aliphatic carbocycles. The number of halogens is 1. The first kappa shape index (κ1) is 18.2. The van der Waals surface area contributed by atoms with Gasteiger partial charge in [0.1, 0.15) is 11.6 Å². The van der Waals surface area contributed by atoms with Crippen molar-refractivity contribution < 1.29 is 18.0 Å². The van der Waals surface area contributed by atoms with Gasteiger partial charge >= 0.3 is 0 Å². The second-order valence-electron chi connectivity index (χ2n) is 5.79. The fourth-order valence-corrected chi connectivity index (χ4v) is 3.17. The average molecular weight is 398 g/mol. The molecule has 2 aromatic carbocycles. The molecule has 0 amide bonds. The number of hydrogen-bond acceptors (Lipinski definition) is 8. The standard InChI is InChI=1S/C19H15FN4O3S/c1-11(16-21-22-17(26-16)12-7-9-13(25-2)10-8-12)28-19-24-23-18(27-19)14-5-3-4-6-15(14)20/h3-11H,1-2H3/t11-/m0/s1. The summed E-state index contributed by atoms with van der Waals surface area (Å²) in [5.74, 6) is 1.27. The van der Waals surface area contributed by atoms with E-state index in [-0.39, 0.29) is 21.9 Å². The maximum absolute atomic E-state index is 13.8. The quantitative estimate of drug-likeness (QED) is 0.429. The van der Waals surface area contributed by atoms with Crippen molar-refractivity contribution in [2.24, 2.45) is 0 Å². The van der Waals surface area contributed by atoms with Crippen LogP contribution in [0.5, 0.6) is 5.75 Å². The van der Waals surface area contributed by atoms with E-state index in [1.165, 1.54) is 17.8 Å². The summed E-state index contributed by atoms with van der Waals surface area (Å²) in [5.41, 5.74) is 1.05. The Labute approximate surface area is 164 Å². The van der Waals surface area contributed by atoms with Crippen molar-refractivity contribution in [2.45, 2.75) is 17.4 Å². The predicted octanol–water partition coefficient (Wildman–Crippen LogP) is 4.79. The third-order valence-corrected chi connectivity index (χ3v) is 4.84. The molecule has 0 aliphatic rings. The van der Waals surface area contributed by atoms with Crippen LogP contribution in [0.4, 0.5) is 4.39 Å². The molecule has 142 valence electrons. The lowest BCUT2D eigenvalue weighted by Crippen LogP contribution is -1.88. The Hall–Kier alpha value is -3.20. The molecule has 0 saturated carbocycles. The van der Waals surface area contributed by atoms with E-state index in [0.29, 0.717) is 11.8 Å². The Bertz CT molecular complexity index is 1080. The topological polar surface area (TPSA) is 87.1 Å². The van der Waals surface area contributed by atoms with Gasteiger partial charge in [0, 0.05) is 5.56 Å². The maximum Gasteiger partial charge on any atom is 0.277 e. The smallest absolute Gasteiger partial charge is 0.277 e. The first-order valence-electron chi connectivity index (χ1n) is 8.37. The summed E-state index contributed by atoms with van der Waals surface area (Å²) in [5, 5.41) is 16.1. The van der Waals surface area contributed by atoms with Gasteiger partial charge in [0.15, 0.2) is 0 Å². The molecule has 0 spiro atoms. The summed E-state index contributed by atoms with van der Waals surface area (Å²) >= 11 is 1.25. The van der Waals surface area contributed by atoms with E-state index >= 15 is 0 Å². The zero-order valence-corrected chi connectivity index (χ0v) is 15.8. The van der Waals surface area contributed by atoms with Gasteiger partial charge in [-0.3, -0.25) is 0 Å². The number of methoxy groups -OCH3 is 1. The Kier molecular flexibility index (Phi) is 5.07. The Morgan fingerprint density at radius 3 is 2.43 bits per heavy atom. The monoisotopic (exact) mass is 398 g/mol. The fraction of sp³-hybridized carbons (Fsp3) is 0.158. The highest BCUT2D eigenvalue weighted by molar-refractivity contribution is 7.99. The second kappa shape index (κ2) is 7.81. The van der Waals surface area contributed by atoms with E-state index in [1.54, 1.807) is 25.3 Å². The molecule has 9 heteroatoms. The number of aromatic nitrogens is 4. The lowest BCUT2D eigenvalue weighted by Gasteiger charge is -2.02. The van der Waals surface area contributed by atoms with E-state index in [9.17, 15) is 4.39 Å². The Balaban J connectivity index is 1.48. The van der Waals surface area contributed by atoms with Gasteiger partial charge in [0.05, 0.1) is 17.9 Å². The molecule has 0 fully saturated rings. The number of thioether (sulfide) groups is 1. The van der Waals surface area contributed by atoms with Gasteiger partial charge in [-0.25, -0.2) is 4.39 Å². The molecule has 0 N–H and O–H groups in total. The van der Waals surface area contributed by atoms with E-state index in [4.69, 9.17) is 13.6 Å². The molecule has 0 aliphatic heterocycles. The average Bonchev–Trinajstić information content (AvgIpc) is 3.38. The SMILES string of the molecule is COc1ccc(-c2nnc([C@H](C)Sc3nnc(-c4ccccc4F)o3)o2)cc1. The van der Waals surface area contributed by atoms with Crippen LogP contribution in [0.1, 0.15) is 18.1 Å². The zero-order chi connectivity index (χ0) is 19.5. The van der Waals surface area contributed by atoms with Gasteiger partial charge in [0.25, 0.3) is 11.1 Å². The van der Waals surface area contributed by atoms with Gasteiger partial charge < -0.3 is 13.6 Å². The van der Waals surface area contributed by atoms with Gasteiger partial charge in [-0.1, -0.05) is 23.9 Å². The van der Waals surface area contributed by atoms with Crippen molar-refractivity contribution in [1.29, 1.82) is 0 Å². The van der Waals surface area contributed by atoms with Crippen LogP contribution < -0.4 is 4.74 Å². The van der Waals surface area contributed by atoms with Crippen LogP contribution in [0.25, 0.3) is 22.9 Å². The fourth-order valence-electron chi connectivity index (χ4n) is 2.45. The highest BCUT2D eigenvalue weighted by Gasteiger charge is 2.20. The van der Waals surface area contributed by atoms with Gasteiger partial charge in [-0.05, 0) is 43.3 Å². The normalized spacial score (nSPS) is 12.1. The van der Waals surface area contributed by atoms with Crippen molar-refractivity contribution in [3.63, 3.8) is 0 Å². The lowest BCUT2D eigenvalue weighted by molar-refractivity contribution is 0.415. The number of ether oxygens (including phenoxy) is 1. The highest BCUT2D eigenvalue weighted by atomic mass is 32.2. The van der Waals surface area contributed by atoms with Gasteiger partial charge in [-0.15, -0.1) is 20.4 Å². The number of benzene rings is 2. The maximum atomic E-state index is 13.8. The molecule has 0 unspecified atom stereocenters. The largest absolute Gasteiger partial charge is 0.497 e. The van der Waals surface area contributed by atoms with Crippen LogP contribution in [0, 0.1) is 5.82 Å². The first-order chi connectivity index (χ1) is 13.6. The Morgan fingerprint density at radius 1 is 0.929 bits per heavy atom. The third-order valence-electron chi connectivity index (χ3n) is 3.91. The molecule has 7 nitrogen and oxygen atoms in total. The van der Waals surface area contributed by atoms with Crippen molar-refractivity contribution in [2.75, 3.05) is 7.11 Å². The van der Waals surface area contributed by atoms with E-state index in [0.717, 1.165) is 11.3 Å². The molecule has 4 rings (SSSR count). The molecule has 28 heavy (non-hydrogen) atoms. The van der Waals surface area contributed by atoms with E-state index < -0.39 is 5.82 Å². The second-order valence-corrected chi connectivity index (χ2v) is 7.08. The zero-order valence-electron chi connectivity index (χ0n) is 15.0. The predicted molar refractivity (Wildman–Crippen MR) is 100 cm³/mol. The van der Waals surface area contributed by atoms with Crippen LogP contribution >= 0.6 is 11.8 Å². The molecular formula is C19H15FN4O3S. The molecule has 0 saturated heterocycles. The minimum Gasteiger partial charge on any atom is -0.497 e. The van der Waals surface area contributed by atoms with Crippen molar-refractivity contribution in [1.82, 2.24) is 20.4 Å². The highest BCUT2D eigenvalue weighted by Crippen LogP contribution is 2.35. The molecule has 0 bridgehead atoms. The van der Waals surface area contributed by atoms with Crippen LogP contribution in [0.3, 0.4) is 0 Å². The van der Waals surface area contributed by atoms with E-state index in [2.05, 4.69) is 20.4 Å². The summed E-state index contributed by atoms with van der Waals surface area (Å²) in [6.45, 7) is 1.88. The number of rotatable bonds is 6. The van der Waals surface area contributed by atoms with Crippen molar-refractivity contribution in [3.05, 3.63) is 60.2 Å². The van der Waals surface area contributed by atoms with Crippen LogP contribution in [-0.2, 0) is 0 Å². The van der Waals surface area contributed by atoms with Crippen LogP contribution in [0.15, 0.2) is 62.6 Å². The van der Waals surface area contributed by atoms with Crippen molar-refractivity contribution >= 4 is 11.8 Å². The minimum absolute atomic E-state index is 0.122. The van der Waals surface area contributed by atoms with Gasteiger partial charge in [0.2, 0.25) is 11.8 Å². The van der Waals surface area contributed by atoms with Crippen LogP contribution in [0.2, 0.25) is 0 Å². The summed E-state index contributed by atoms with van der Waals surface area (Å²) in [7, 11) is 1.60. The summed E-state index contributed by atoms with van der Waals surface area (Å²) in [6, 6.07) is 13.5. The Morgan fingerprint density at radius 2 is 1.68 bits per heavy atom. The number of hydrogen-bond donors (Lipinski definition) is 0. The lowest BCUT2D eigenvalue weighted by atomic mass is 10.2. The molecule has 2 aromatic heterocycles. The number of nitrogens with zero attached hydrogens (tertiary/aromatic N) is 4. The van der Waals surface area contributed by atoms with E-state index in [1.807, 2.05) is 31.2 Å². The minimum atomic E-state index is -0.420. The summed E-state index contributed by atoms with van der Waals surface area (Å²) < 4.78 is 30.3. The molecule has 1 atom stereocenters. The summed E-state index contributed by atoms with van der Waals surface area (Å²) in [6.07, 6.45) is 0. The molecular weight excluding hydrogens is 383 g/mol. The molecule has 2 heterocycles. The molecule has 4 aromatic rings.